The molecule has 0 saturated carbocycles. The van der Waals surface area contributed by atoms with E-state index in [4.69, 9.17) is 46.9 Å². The van der Waals surface area contributed by atoms with Crippen LogP contribution in [0.25, 0.3) is 0 Å². The van der Waals surface area contributed by atoms with Gasteiger partial charge < -0.3 is 39.4 Å². The van der Waals surface area contributed by atoms with E-state index in [-0.39, 0.29) is 18.8 Å². The lowest BCUT2D eigenvalue weighted by atomic mass is 9.95. The lowest BCUT2D eigenvalue weighted by molar-refractivity contribution is -0.136. The zero-order valence-electron chi connectivity index (χ0n) is 25.9. The number of hydrogen-bond donors (Lipinski definition) is 4. The van der Waals surface area contributed by atoms with E-state index in [1.165, 1.54) is 13.3 Å². The molecule has 1 aliphatic heterocycles. The minimum Gasteiger partial charge on any atom is -0.493 e. The topological polar surface area (TPSA) is 149 Å². The lowest BCUT2D eigenvalue weighted by Crippen LogP contribution is -2.45. The van der Waals surface area contributed by atoms with Gasteiger partial charge in [-0.05, 0) is 89.5 Å². The number of methoxy groups -OCH3 is 2. The molecule has 12 nitrogen and oxygen atoms in total. The van der Waals surface area contributed by atoms with Crippen molar-refractivity contribution in [2.24, 2.45) is 5.10 Å². The number of aliphatic hydroxyl groups excluding tert-OH is 1. The smallest absolute Gasteiger partial charge is 0.337 e. The number of nitrogens with one attached hydrogen (secondary N) is 3. The number of nitrogens with zero attached hydrogens (tertiary/aromatic N) is 1. The maximum absolute atomic E-state index is 12.5. The normalized spacial score (nSPS) is 15.1. The van der Waals surface area contributed by atoms with Crippen molar-refractivity contribution in [2.75, 3.05) is 27.4 Å². The molecule has 4 N–H and O–H groups in total. The summed E-state index contributed by atoms with van der Waals surface area (Å²) in [4.78, 5) is 24.6. The van der Waals surface area contributed by atoms with E-state index in [0.29, 0.717) is 56.5 Å². The van der Waals surface area contributed by atoms with Crippen LogP contribution < -0.4 is 35.0 Å². The molecule has 4 rings (SSSR count). The number of hydrogen-bond acceptors (Lipinski definition) is 10. The predicted octanol–water partition coefficient (Wildman–Crippen LogP) is 5.71. The van der Waals surface area contributed by atoms with Crippen molar-refractivity contribution in [1.29, 1.82) is 0 Å². The Kier molecular flexibility index (Phi) is 12.8. The summed E-state index contributed by atoms with van der Waals surface area (Å²) in [6.45, 7) is 3.84. The molecule has 3 aromatic carbocycles. The minimum absolute atomic E-state index is 0.171. The molecule has 15 heteroatoms. The van der Waals surface area contributed by atoms with Gasteiger partial charge in [-0.2, -0.15) is 5.10 Å². The summed E-state index contributed by atoms with van der Waals surface area (Å²) < 4.78 is 28.8. The average molecular weight is 799 g/mol. The van der Waals surface area contributed by atoms with Gasteiger partial charge in [-0.25, -0.2) is 9.59 Å². The standard InChI is InChI=1S/C32H33Cl2IN4O8/c1-5-45-25-13-20(29-28(31(41)44-4)17(2)37-32(42)38-29)7-9-24(25)46-16-27(40)39-36-14-19-11-23(35)30(26(12-19)43-3)47-15-18-6-8-21(33)22(34)10-18/h6-14,27,29,39-40H,5,15-16H2,1-4H3,(H2,37,38,42)/b36-14-/t27-,29+/m0/s1. The first kappa shape index (κ1) is 35.9. The van der Waals surface area contributed by atoms with Crippen molar-refractivity contribution in [2.45, 2.75) is 32.7 Å². The highest BCUT2D eigenvalue weighted by molar-refractivity contribution is 14.1. The first-order chi connectivity index (χ1) is 22.5. The van der Waals surface area contributed by atoms with Gasteiger partial charge in [-0.1, -0.05) is 35.3 Å². The van der Waals surface area contributed by atoms with E-state index in [1.54, 1.807) is 50.4 Å². The predicted molar refractivity (Wildman–Crippen MR) is 185 cm³/mol. The van der Waals surface area contributed by atoms with Crippen LogP contribution >= 0.6 is 45.8 Å². The molecule has 1 heterocycles. The van der Waals surface area contributed by atoms with Gasteiger partial charge in [-0.3, -0.25) is 5.43 Å². The van der Waals surface area contributed by atoms with Gasteiger partial charge in [0.15, 0.2) is 29.2 Å². The number of ether oxygens (including phenoxy) is 5. The Balaban J connectivity index is 1.39. The second kappa shape index (κ2) is 16.8. The summed E-state index contributed by atoms with van der Waals surface area (Å²) in [6.07, 6.45) is 0.356. The largest absolute Gasteiger partial charge is 0.493 e. The van der Waals surface area contributed by atoms with Gasteiger partial charge in [0, 0.05) is 5.70 Å². The maximum atomic E-state index is 12.5. The molecule has 1 aliphatic rings. The summed E-state index contributed by atoms with van der Waals surface area (Å²) in [7, 11) is 2.81. The number of carbonyl (C=O) groups is 2. The minimum atomic E-state index is -1.17. The Hall–Kier alpha value is -3.92. The summed E-state index contributed by atoms with van der Waals surface area (Å²) in [5.41, 5.74) is 5.40. The number of rotatable bonds is 14. The second-order valence-electron chi connectivity index (χ2n) is 9.99. The molecular weight excluding hydrogens is 766 g/mol. The monoisotopic (exact) mass is 798 g/mol. The van der Waals surface area contributed by atoms with Crippen LogP contribution in [0.2, 0.25) is 10.0 Å². The van der Waals surface area contributed by atoms with Gasteiger partial charge in [0.2, 0.25) is 0 Å². The highest BCUT2D eigenvalue weighted by Crippen LogP contribution is 2.36. The van der Waals surface area contributed by atoms with E-state index in [2.05, 4.69) is 43.8 Å². The van der Waals surface area contributed by atoms with Crippen LogP contribution in [-0.4, -0.2) is 57.0 Å². The number of amides is 2. The van der Waals surface area contributed by atoms with Gasteiger partial charge in [0.05, 0.1) is 52.3 Å². The number of hydrazone groups is 1. The molecule has 0 aliphatic carbocycles. The van der Waals surface area contributed by atoms with E-state index < -0.39 is 24.3 Å². The summed E-state index contributed by atoms with van der Waals surface area (Å²) in [5.74, 6) is 1.19. The fourth-order valence-corrected chi connectivity index (χ4v) is 5.66. The Labute approximate surface area is 295 Å². The van der Waals surface area contributed by atoms with Crippen molar-refractivity contribution in [3.05, 3.63) is 90.1 Å². The Bertz CT molecular complexity index is 1690. The van der Waals surface area contributed by atoms with Crippen molar-refractivity contribution in [3.8, 4) is 23.0 Å². The van der Waals surface area contributed by atoms with Crippen LogP contribution in [0.15, 0.2) is 64.9 Å². The first-order valence-electron chi connectivity index (χ1n) is 14.2. The molecule has 0 spiro atoms. The zero-order valence-corrected chi connectivity index (χ0v) is 29.5. The van der Waals surface area contributed by atoms with Gasteiger partial charge in [-0.15, -0.1) is 0 Å². The third kappa shape index (κ3) is 9.34. The Morgan fingerprint density at radius 3 is 2.55 bits per heavy atom. The quantitative estimate of drug-likeness (QED) is 0.0530. The molecule has 0 radical (unpaired) electrons. The zero-order chi connectivity index (χ0) is 34.1. The lowest BCUT2D eigenvalue weighted by Gasteiger charge is -2.28. The van der Waals surface area contributed by atoms with Crippen molar-refractivity contribution in [1.82, 2.24) is 16.1 Å². The fraction of sp³-hybridized carbons (Fsp3) is 0.281. The first-order valence-corrected chi connectivity index (χ1v) is 16.0. The molecule has 0 aromatic heterocycles. The van der Waals surface area contributed by atoms with Crippen LogP contribution in [0.1, 0.15) is 36.6 Å². The van der Waals surface area contributed by atoms with Crippen LogP contribution in [0.4, 0.5) is 4.79 Å². The van der Waals surface area contributed by atoms with E-state index in [0.717, 1.165) is 9.13 Å². The number of halogens is 3. The molecule has 0 unspecified atom stereocenters. The Morgan fingerprint density at radius 1 is 1.06 bits per heavy atom. The molecular formula is C32H33Cl2IN4O8. The number of benzene rings is 3. The maximum Gasteiger partial charge on any atom is 0.337 e. The molecule has 2 atom stereocenters. The van der Waals surface area contributed by atoms with Gasteiger partial charge >= 0.3 is 12.0 Å². The number of aliphatic hydroxyl groups is 1. The summed E-state index contributed by atoms with van der Waals surface area (Å²) in [5, 5.41) is 20.9. The van der Waals surface area contributed by atoms with Crippen LogP contribution in [0, 0.1) is 3.57 Å². The number of allylic oxidation sites excluding steroid dienone is 1. The Morgan fingerprint density at radius 2 is 1.85 bits per heavy atom. The fourth-order valence-electron chi connectivity index (χ4n) is 4.56. The highest BCUT2D eigenvalue weighted by Gasteiger charge is 2.32. The van der Waals surface area contributed by atoms with E-state index in [9.17, 15) is 14.7 Å². The van der Waals surface area contributed by atoms with Crippen molar-refractivity contribution >= 4 is 64.0 Å². The summed E-state index contributed by atoms with van der Waals surface area (Å²) in [6, 6.07) is 12.7. The molecule has 250 valence electrons. The average Bonchev–Trinajstić information content (AvgIpc) is 3.04. The number of urea groups is 1. The summed E-state index contributed by atoms with van der Waals surface area (Å²) >= 11 is 14.3. The van der Waals surface area contributed by atoms with Crippen LogP contribution in [0.5, 0.6) is 23.0 Å². The molecule has 0 fully saturated rings. The van der Waals surface area contributed by atoms with Crippen molar-refractivity contribution < 1.29 is 38.4 Å². The molecule has 2 amide bonds. The van der Waals surface area contributed by atoms with E-state index in [1.807, 2.05) is 19.1 Å². The number of carbonyl (C=O) groups excluding carboxylic acids is 2. The number of esters is 1. The van der Waals surface area contributed by atoms with Crippen molar-refractivity contribution in [3.63, 3.8) is 0 Å². The van der Waals surface area contributed by atoms with Crippen LogP contribution in [-0.2, 0) is 16.1 Å². The molecule has 3 aromatic rings. The molecule has 0 saturated heterocycles. The third-order valence-corrected chi connectivity index (χ3v) is 8.27. The van der Waals surface area contributed by atoms with E-state index >= 15 is 0 Å². The SMILES string of the molecule is CCOc1cc([C@H]2NC(=O)NC(C)=C2C(=O)OC)ccc1OC[C@H](O)N/N=C\c1cc(I)c(OCc2ccc(Cl)c(Cl)c2)c(OC)c1. The molecule has 47 heavy (non-hydrogen) atoms. The second-order valence-corrected chi connectivity index (χ2v) is 12.0. The van der Waals surface area contributed by atoms with Crippen LogP contribution in [0.3, 0.4) is 0 Å². The van der Waals surface area contributed by atoms with Gasteiger partial charge in [0.25, 0.3) is 0 Å². The highest BCUT2D eigenvalue weighted by atomic mass is 127. The van der Waals surface area contributed by atoms with Gasteiger partial charge in [0.1, 0.15) is 13.2 Å². The molecule has 0 bridgehead atoms. The third-order valence-electron chi connectivity index (χ3n) is 6.73.